The fraction of sp³-hybridized carbons (Fsp3) is 0.263. The Hall–Kier alpha value is -2.53. The molecular weight excluding hydrogens is 414 g/mol. The van der Waals surface area contributed by atoms with Crippen LogP contribution in [-0.4, -0.2) is 39.9 Å². The third-order valence-corrected chi connectivity index (χ3v) is 8.34. The van der Waals surface area contributed by atoms with Crippen molar-refractivity contribution in [3.8, 4) is 5.00 Å². The van der Waals surface area contributed by atoms with E-state index in [9.17, 15) is 18.3 Å². The van der Waals surface area contributed by atoms with Crippen LogP contribution in [0, 0.1) is 5.92 Å². The van der Waals surface area contributed by atoms with E-state index in [1.54, 1.807) is 43.5 Å². The van der Waals surface area contributed by atoms with E-state index in [2.05, 4.69) is 9.82 Å². The Morgan fingerprint density at radius 2 is 2.00 bits per heavy atom. The molecule has 0 amide bonds. The quantitative estimate of drug-likeness (QED) is 0.524. The molecule has 3 atom stereocenters. The van der Waals surface area contributed by atoms with Gasteiger partial charge in [-0.05, 0) is 23.6 Å². The second kappa shape index (κ2) is 7.06. The van der Waals surface area contributed by atoms with Gasteiger partial charge in [0.1, 0.15) is 14.7 Å². The number of rotatable bonds is 7. The number of sulfonamides is 1. The highest BCUT2D eigenvalue weighted by Crippen LogP contribution is 2.58. The summed E-state index contributed by atoms with van der Waals surface area (Å²) in [6.45, 7) is 1.56. The van der Waals surface area contributed by atoms with Crippen LogP contribution < -0.4 is 4.72 Å². The highest BCUT2D eigenvalue weighted by Gasteiger charge is 2.70. The van der Waals surface area contributed by atoms with E-state index in [-0.39, 0.29) is 10.8 Å². The molecule has 1 unspecified atom stereocenters. The standard InChI is InChI=1S/C19H19N3O5S2/c1-12-17(14-5-3-2-4-6-14)19(12,18(24)25)21-29(26,27)16-8-7-15(28-16)22-10-13(11-23)9-20-22/h2-10,12,17,21,23H,11H2,1H3,(H,24,25)/t12?,17-,19-/m0/s1. The van der Waals surface area contributed by atoms with Crippen LogP contribution in [0.1, 0.15) is 24.0 Å². The predicted molar refractivity (Wildman–Crippen MR) is 106 cm³/mol. The van der Waals surface area contributed by atoms with Crippen LogP contribution in [0.4, 0.5) is 0 Å². The van der Waals surface area contributed by atoms with Gasteiger partial charge in [-0.1, -0.05) is 37.3 Å². The van der Waals surface area contributed by atoms with Crippen molar-refractivity contribution in [2.45, 2.75) is 29.2 Å². The Kier molecular flexibility index (Phi) is 4.82. The van der Waals surface area contributed by atoms with E-state index >= 15 is 0 Å². The number of hydrogen-bond donors (Lipinski definition) is 3. The van der Waals surface area contributed by atoms with E-state index in [0.717, 1.165) is 16.9 Å². The summed E-state index contributed by atoms with van der Waals surface area (Å²) < 4.78 is 29.9. The summed E-state index contributed by atoms with van der Waals surface area (Å²) in [5.74, 6) is -2.04. The molecule has 3 N–H and O–H groups in total. The van der Waals surface area contributed by atoms with Crippen molar-refractivity contribution < 1.29 is 23.4 Å². The fourth-order valence-electron chi connectivity index (χ4n) is 3.71. The summed E-state index contributed by atoms with van der Waals surface area (Å²) in [7, 11) is -4.06. The molecule has 1 fully saturated rings. The van der Waals surface area contributed by atoms with Crippen LogP contribution in [0.25, 0.3) is 5.00 Å². The number of hydrogen-bond acceptors (Lipinski definition) is 6. The van der Waals surface area contributed by atoms with E-state index < -0.39 is 33.4 Å². The van der Waals surface area contributed by atoms with Crippen LogP contribution in [-0.2, 0) is 21.4 Å². The van der Waals surface area contributed by atoms with Crippen molar-refractivity contribution in [3.63, 3.8) is 0 Å². The van der Waals surface area contributed by atoms with Gasteiger partial charge in [0, 0.05) is 17.7 Å². The van der Waals surface area contributed by atoms with Gasteiger partial charge in [-0.25, -0.2) is 13.1 Å². The third kappa shape index (κ3) is 3.27. The highest BCUT2D eigenvalue weighted by molar-refractivity contribution is 7.91. The summed E-state index contributed by atoms with van der Waals surface area (Å²) >= 11 is 0.971. The first kappa shape index (κ1) is 19.8. The third-order valence-electron chi connectivity index (χ3n) is 5.29. The van der Waals surface area contributed by atoms with Crippen molar-refractivity contribution in [3.05, 3.63) is 66.0 Å². The van der Waals surface area contributed by atoms with Gasteiger partial charge in [-0.2, -0.15) is 9.82 Å². The van der Waals surface area contributed by atoms with Crippen molar-refractivity contribution in [2.75, 3.05) is 0 Å². The minimum atomic E-state index is -4.06. The summed E-state index contributed by atoms with van der Waals surface area (Å²) in [6, 6.07) is 12.1. The molecule has 3 aromatic rings. The summed E-state index contributed by atoms with van der Waals surface area (Å²) in [5.41, 5.74) is -0.201. The van der Waals surface area contributed by atoms with E-state index in [1.165, 1.54) is 16.9 Å². The number of benzene rings is 1. The Balaban J connectivity index is 1.63. The SMILES string of the molecule is CC1[C@@H](c2ccccc2)[C@]1(NS(=O)(=O)c1ccc(-n2cc(CO)cn2)s1)C(=O)O. The molecule has 1 aliphatic carbocycles. The van der Waals surface area contributed by atoms with Gasteiger partial charge in [0.25, 0.3) is 10.0 Å². The highest BCUT2D eigenvalue weighted by atomic mass is 32.2. The molecule has 1 aliphatic rings. The molecule has 8 nitrogen and oxygen atoms in total. The lowest BCUT2D eigenvalue weighted by Gasteiger charge is -2.15. The number of aliphatic carboxylic acids is 1. The number of carboxylic acids is 1. The van der Waals surface area contributed by atoms with Gasteiger partial charge in [0.15, 0.2) is 0 Å². The molecule has 2 aromatic heterocycles. The monoisotopic (exact) mass is 433 g/mol. The van der Waals surface area contributed by atoms with Crippen molar-refractivity contribution in [1.29, 1.82) is 0 Å². The minimum absolute atomic E-state index is 0.0000788. The van der Waals surface area contributed by atoms with Crippen LogP contribution in [0.2, 0.25) is 0 Å². The lowest BCUT2D eigenvalue weighted by Crippen LogP contribution is -2.45. The Labute approximate surface area is 171 Å². The van der Waals surface area contributed by atoms with Gasteiger partial charge in [-0.3, -0.25) is 4.79 Å². The minimum Gasteiger partial charge on any atom is -0.480 e. The Bertz CT molecular complexity index is 1160. The number of aromatic nitrogens is 2. The first-order chi connectivity index (χ1) is 13.8. The zero-order valence-electron chi connectivity index (χ0n) is 15.4. The molecule has 1 aromatic carbocycles. The molecule has 0 bridgehead atoms. The number of aliphatic hydroxyl groups excluding tert-OH is 1. The lowest BCUT2D eigenvalue weighted by atomic mass is 10.1. The molecule has 0 radical (unpaired) electrons. The van der Waals surface area contributed by atoms with Crippen molar-refractivity contribution in [1.82, 2.24) is 14.5 Å². The van der Waals surface area contributed by atoms with Gasteiger partial charge in [0.05, 0.1) is 12.8 Å². The van der Waals surface area contributed by atoms with Crippen LogP contribution >= 0.6 is 11.3 Å². The second-order valence-corrected chi connectivity index (χ2v) is 9.97. The van der Waals surface area contributed by atoms with E-state index in [0.29, 0.717) is 10.6 Å². The number of thiophene rings is 1. The molecule has 152 valence electrons. The number of nitrogens with one attached hydrogen (secondary N) is 1. The zero-order chi connectivity index (χ0) is 20.8. The largest absolute Gasteiger partial charge is 0.480 e. The molecule has 2 heterocycles. The number of carboxylic acid groups (broad SMARTS) is 1. The zero-order valence-corrected chi connectivity index (χ0v) is 17.0. The fourth-order valence-corrected chi connectivity index (χ4v) is 6.40. The van der Waals surface area contributed by atoms with Crippen LogP contribution in [0.5, 0.6) is 0 Å². The first-order valence-electron chi connectivity index (χ1n) is 8.86. The normalized spacial score (nSPS) is 23.8. The Morgan fingerprint density at radius 1 is 1.28 bits per heavy atom. The van der Waals surface area contributed by atoms with Crippen molar-refractivity contribution >= 4 is 27.3 Å². The second-order valence-electron chi connectivity index (χ2n) is 7.00. The van der Waals surface area contributed by atoms with Gasteiger partial charge < -0.3 is 10.2 Å². The average Bonchev–Trinajstić information content (AvgIpc) is 3.13. The lowest BCUT2D eigenvalue weighted by molar-refractivity contribution is -0.140. The molecule has 29 heavy (non-hydrogen) atoms. The number of carbonyl (C=O) groups is 1. The number of nitrogens with zero attached hydrogens (tertiary/aromatic N) is 2. The maximum absolute atomic E-state index is 13.0. The van der Waals surface area contributed by atoms with Gasteiger partial charge in [-0.15, -0.1) is 11.3 Å². The summed E-state index contributed by atoms with van der Waals surface area (Å²) in [5, 5.41) is 23.6. The molecular formula is C19H19N3O5S2. The van der Waals surface area contributed by atoms with E-state index in [4.69, 9.17) is 5.11 Å². The maximum Gasteiger partial charge on any atom is 0.325 e. The molecule has 4 rings (SSSR count). The molecule has 0 saturated heterocycles. The smallest absolute Gasteiger partial charge is 0.325 e. The first-order valence-corrected chi connectivity index (χ1v) is 11.2. The molecule has 0 aliphatic heterocycles. The predicted octanol–water partition coefficient (Wildman–Crippen LogP) is 1.96. The van der Waals surface area contributed by atoms with Crippen molar-refractivity contribution in [2.24, 2.45) is 5.92 Å². The van der Waals surface area contributed by atoms with Crippen LogP contribution in [0.15, 0.2) is 59.1 Å². The van der Waals surface area contributed by atoms with Crippen LogP contribution in [0.3, 0.4) is 0 Å². The van der Waals surface area contributed by atoms with Gasteiger partial charge in [0.2, 0.25) is 0 Å². The topological polar surface area (TPSA) is 122 Å². The molecule has 1 saturated carbocycles. The van der Waals surface area contributed by atoms with Gasteiger partial charge >= 0.3 is 5.97 Å². The molecule has 10 heteroatoms. The summed E-state index contributed by atoms with van der Waals surface area (Å²) in [4.78, 5) is 12.1. The number of aliphatic hydroxyl groups is 1. The summed E-state index contributed by atoms with van der Waals surface area (Å²) in [6.07, 6.45) is 3.09. The Morgan fingerprint density at radius 3 is 2.62 bits per heavy atom. The van der Waals surface area contributed by atoms with E-state index in [1.807, 2.05) is 6.07 Å². The average molecular weight is 434 g/mol. The maximum atomic E-state index is 13.0. The molecule has 0 spiro atoms.